The van der Waals surface area contributed by atoms with Crippen LogP contribution >= 0.6 is 35.4 Å². The number of benzene rings is 2. The lowest BCUT2D eigenvalue weighted by atomic mass is 10.1. The molecule has 0 aliphatic rings. The average molecular weight is 398 g/mol. The number of nitrogens with zero attached hydrogens (tertiary/aromatic N) is 1. The molecule has 0 amide bonds. The zero-order chi connectivity index (χ0) is 18.4. The molecule has 0 heterocycles. The number of hydrazone groups is 1. The molecule has 2 aromatic carbocycles. The molecule has 0 atom stereocenters. The zero-order valence-corrected chi connectivity index (χ0v) is 16.0. The number of ether oxygens (including phenoxy) is 1. The highest BCUT2D eigenvalue weighted by Gasteiger charge is 2.10. The summed E-state index contributed by atoms with van der Waals surface area (Å²) in [6.45, 7) is 2.25. The third-order valence-electron chi connectivity index (χ3n) is 3.36. The Kier molecular flexibility index (Phi) is 6.87. The lowest BCUT2D eigenvalue weighted by molar-refractivity contribution is 0.414. The molecule has 3 N–H and O–H groups in total. The minimum absolute atomic E-state index is 0.0776. The van der Waals surface area contributed by atoms with Crippen LogP contribution in [0.1, 0.15) is 18.1 Å². The third kappa shape index (κ3) is 5.49. The first kappa shape index (κ1) is 19.3. The van der Waals surface area contributed by atoms with Gasteiger partial charge in [-0.3, -0.25) is 5.43 Å². The summed E-state index contributed by atoms with van der Waals surface area (Å²) in [4.78, 5) is 0. The number of nitrogens with one attached hydrogen (secondary N) is 2. The SMILES string of the molecule is COc1ccc(CNC(=S)N/N=C(\C)c2cc(Cl)cc(Cl)c2O)cc1. The van der Waals surface area contributed by atoms with Gasteiger partial charge in [0.25, 0.3) is 0 Å². The monoisotopic (exact) mass is 397 g/mol. The molecule has 5 nitrogen and oxygen atoms in total. The van der Waals surface area contributed by atoms with E-state index in [9.17, 15) is 5.11 Å². The molecule has 0 unspecified atom stereocenters. The van der Waals surface area contributed by atoms with Gasteiger partial charge in [-0.1, -0.05) is 35.3 Å². The average Bonchev–Trinajstić information content (AvgIpc) is 2.61. The molecule has 0 aliphatic carbocycles. The summed E-state index contributed by atoms with van der Waals surface area (Å²) in [5.74, 6) is 0.718. The molecule has 2 aromatic rings. The summed E-state index contributed by atoms with van der Waals surface area (Å²) in [7, 11) is 1.62. The smallest absolute Gasteiger partial charge is 0.187 e. The van der Waals surface area contributed by atoms with Crippen molar-refractivity contribution < 1.29 is 9.84 Å². The van der Waals surface area contributed by atoms with Gasteiger partial charge in [-0.15, -0.1) is 0 Å². The Labute approximate surface area is 161 Å². The van der Waals surface area contributed by atoms with Gasteiger partial charge in [0.1, 0.15) is 11.5 Å². The maximum atomic E-state index is 9.99. The van der Waals surface area contributed by atoms with Crippen LogP contribution in [0.2, 0.25) is 10.0 Å². The van der Waals surface area contributed by atoms with Crippen LogP contribution in [0.3, 0.4) is 0 Å². The minimum atomic E-state index is -0.0776. The number of phenols is 1. The third-order valence-corrected chi connectivity index (χ3v) is 4.10. The molecule has 0 fully saturated rings. The van der Waals surface area contributed by atoms with Crippen LogP contribution in [-0.2, 0) is 6.54 Å². The van der Waals surface area contributed by atoms with Crippen LogP contribution in [0.15, 0.2) is 41.5 Å². The first-order chi connectivity index (χ1) is 11.9. The summed E-state index contributed by atoms with van der Waals surface area (Å²) in [6, 6.07) is 10.7. The fourth-order valence-corrected chi connectivity index (χ4v) is 2.61. The van der Waals surface area contributed by atoms with Gasteiger partial charge in [0.15, 0.2) is 5.11 Å². The second kappa shape index (κ2) is 8.89. The maximum absolute atomic E-state index is 9.99. The molecule has 0 bridgehead atoms. The van der Waals surface area contributed by atoms with Crippen LogP contribution in [0.25, 0.3) is 0 Å². The summed E-state index contributed by atoms with van der Waals surface area (Å²) >= 11 is 17.0. The Morgan fingerprint density at radius 2 is 1.92 bits per heavy atom. The highest BCUT2D eigenvalue weighted by atomic mass is 35.5. The Bertz CT molecular complexity index is 795. The van der Waals surface area contributed by atoms with Crippen LogP contribution in [0, 0.1) is 0 Å². The van der Waals surface area contributed by atoms with E-state index >= 15 is 0 Å². The molecule has 0 aromatic heterocycles. The van der Waals surface area contributed by atoms with Crippen molar-refractivity contribution in [2.45, 2.75) is 13.5 Å². The number of rotatable bonds is 5. The Morgan fingerprint density at radius 1 is 1.24 bits per heavy atom. The van der Waals surface area contributed by atoms with Crippen molar-refractivity contribution in [1.29, 1.82) is 0 Å². The van der Waals surface area contributed by atoms with Crippen molar-refractivity contribution in [3.05, 3.63) is 57.6 Å². The van der Waals surface area contributed by atoms with E-state index in [1.54, 1.807) is 20.1 Å². The highest BCUT2D eigenvalue weighted by Crippen LogP contribution is 2.31. The van der Waals surface area contributed by atoms with E-state index in [0.29, 0.717) is 28.0 Å². The van der Waals surface area contributed by atoms with E-state index in [4.69, 9.17) is 40.2 Å². The van der Waals surface area contributed by atoms with E-state index < -0.39 is 0 Å². The molecular weight excluding hydrogens is 381 g/mol. The van der Waals surface area contributed by atoms with Gasteiger partial charge in [0, 0.05) is 17.1 Å². The number of halogens is 2. The summed E-state index contributed by atoms with van der Waals surface area (Å²) in [6.07, 6.45) is 0. The number of thiocarbonyl (C=S) groups is 1. The standard InChI is InChI=1S/C17H17Cl2N3O2S/c1-10(14-7-12(18)8-15(19)16(14)23)21-22-17(25)20-9-11-3-5-13(24-2)6-4-11/h3-8,23H,9H2,1-2H3,(H2,20,22,25)/b21-10+. The van der Waals surface area contributed by atoms with Crippen molar-refractivity contribution in [2.75, 3.05) is 7.11 Å². The molecule has 0 saturated heterocycles. The summed E-state index contributed by atoms with van der Waals surface area (Å²) < 4.78 is 5.11. The first-order valence-corrected chi connectivity index (χ1v) is 8.46. The number of phenolic OH excluding ortho intramolecular Hbond substituents is 1. The molecule has 0 saturated carbocycles. The molecular formula is C17H17Cl2N3O2S. The summed E-state index contributed by atoms with van der Waals surface area (Å²) in [5.41, 5.74) is 4.70. The normalized spacial score (nSPS) is 11.1. The Balaban J connectivity index is 1.95. The van der Waals surface area contributed by atoms with E-state index in [0.717, 1.165) is 11.3 Å². The van der Waals surface area contributed by atoms with E-state index in [-0.39, 0.29) is 10.8 Å². The van der Waals surface area contributed by atoms with E-state index in [2.05, 4.69) is 15.8 Å². The molecule has 0 aliphatic heterocycles. The molecule has 8 heteroatoms. The van der Waals surface area contributed by atoms with Gasteiger partial charge >= 0.3 is 0 Å². The minimum Gasteiger partial charge on any atom is -0.506 e. The van der Waals surface area contributed by atoms with Crippen LogP contribution in [0.5, 0.6) is 11.5 Å². The fourth-order valence-electron chi connectivity index (χ4n) is 2.00. The van der Waals surface area contributed by atoms with Crippen molar-refractivity contribution in [3.63, 3.8) is 0 Å². The summed E-state index contributed by atoms with van der Waals surface area (Å²) in [5, 5.41) is 18.1. The lowest BCUT2D eigenvalue weighted by Gasteiger charge is -2.10. The largest absolute Gasteiger partial charge is 0.506 e. The van der Waals surface area contributed by atoms with Crippen LogP contribution < -0.4 is 15.5 Å². The van der Waals surface area contributed by atoms with Gasteiger partial charge in [-0.25, -0.2) is 0 Å². The number of aromatic hydroxyl groups is 1. The van der Waals surface area contributed by atoms with E-state index in [1.807, 2.05) is 24.3 Å². The quantitative estimate of drug-likeness (QED) is 0.402. The molecule has 25 heavy (non-hydrogen) atoms. The van der Waals surface area contributed by atoms with Crippen molar-refractivity contribution in [1.82, 2.24) is 10.7 Å². The van der Waals surface area contributed by atoms with Crippen molar-refractivity contribution >= 4 is 46.2 Å². The predicted molar refractivity (Wildman–Crippen MR) is 106 cm³/mol. The number of hydrogen-bond donors (Lipinski definition) is 3. The molecule has 132 valence electrons. The number of hydrogen-bond acceptors (Lipinski definition) is 4. The van der Waals surface area contributed by atoms with Crippen molar-refractivity contribution in [3.8, 4) is 11.5 Å². The van der Waals surface area contributed by atoms with Crippen molar-refractivity contribution in [2.24, 2.45) is 5.10 Å². The predicted octanol–water partition coefficient (Wildman–Crippen LogP) is 4.10. The van der Waals surface area contributed by atoms with E-state index in [1.165, 1.54) is 6.07 Å². The maximum Gasteiger partial charge on any atom is 0.187 e. The van der Waals surface area contributed by atoms with Crippen LogP contribution in [-0.4, -0.2) is 23.0 Å². The molecule has 2 rings (SSSR count). The Hall–Kier alpha value is -2.02. The molecule has 0 spiro atoms. The topological polar surface area (TPSA) is 65.9 Å². The van der Waals surface area contributed by atoms with Crippen LogP contribution in [0.4, 0.5) is 0 Å². The zero-order valence-electron chi connectivity index (χ0n) is 13.6. The fraction of sp³-hybridized carbons (Fsp3) is 0.176. The second-order valence-electron chi connectivity index (χ2n) is 5.12. The number of methoxy groups -OCH3 is 1. The van der Waals surface area contributed by atoms with Gasteiger partial charge in [-0.05, 0) is 49.0 Å². The first-order valence-electron chi connectivity index (χ1n) is 7.30. The van der Waals surface area contributed by atoms with Gasteiger partial charge in [-0.2, -0.15) is 5.10 Å². The van der Waals surface area contributed by atoms with Gasteiger partial charge < -0.3 is 15.2 Å². The van der Waals surface area contributed by atoms with Gasteiger partial charge in [0.05, 0.1) is 17.8 Å². The molecule has 0 radical (unpaired) electrons. The van der Waals surface area contributed by atoms with Gasteiger partial charge in [0.2, 0.25) is 0 Å². The highest BCUT2D eigenvalue weighted by molar-refractivity contribution is 7.80. The second-order valence-corrected chi connectivity index (χ2v) is 6.38. The Morgan fingerprint density at radius 3 is 2.56 bits per heavy atom. The lowest BCUT2D eigenvalue weighted by Crippen LogP contribution is -2.32.